The lowest BCUT2D eigenvalue weighted by Gasteiger charge is -2.30. The van der Waals surface area contributed by atoms with E-state index >= 15 is 0 Å². The number of unbranched alkanes of at least 4 members (excludes halogenated alkanes) is 20. The van der Waals surface area contributed by atoms with Crippen molar-refractivity contribution < 1.29 is 37.3 Å². The molecule has 0 bridgehead atoms. The van der Waals surface area contributed by atoms with Crippen molar-refractivity contribution in [3.8, 4) is 0 Å². The smallest absolute Gasteiger partial charge is 0.306 e. The summed E-state index contributed by atoms with van der Waals surface area (Å²) in [6, 6.07) is -0.931. The van der Waals surface area contributed by atoms with Crippen LogP contribution in [-0.2, 0) is 27.9 Å². The van der Waals surface area contributed by atoms with Gasteiger partial charge >= 0.3 is 5.97 Å². The Morgan fingerprint density at radius 3 is 1.35 bits per heavy atom. The third-order valence-electron chi connectivity index (χ3n) is 13.1. The van der Waals surface area contributed by atoms with Crippen molar-refractivity contribution in [1.29, 1.82) is 0 Å². The number of carbonyl (C=O) groups is 2. The van der Waals surface area contributed by atoms with Crippen LogP contribution in [0.4, 0.5) is 0 Å². The van der Waals surface area contributed by atoms with Crippen LogP contribution < -0.4 is 10.2 Å². The zero-order valence-corrected chi connectivity index (χ0v) is 53.1. The monoisotopic (exact) mass is 1140 g/mol. The number of hydrogen-bond donors (Lipinski definition) is 1. The molecule has 0 saturated heterocycles. The molecule has 0 saturated carbocycles. The number of nitrogens with one attached hydrogen (secondary N) is 1. The highest BCUT2D eigenvalue weighted by atomic mass is 31.2. The average Bonchev–Trinajstić information content (AvgIpc) is 3.44. The molecule has 0 aliphatic rings. The number of amides is 1. The highest BCUT2D eigenvalue weighted by molar-refractivity contribution is 7.45. The molecule has 81 heavy (non-hydrogen) atoms. The Labute approximate surface area is 497 Å². The number of allylic oxidation sites excluding steroid dienone is 25. The molecule has 9 nitrogen and oxygen atoms in total. The quantitative estimate of drug-likeness (QED) is 0.0161. The summed E-state index contributed by atoms with van der Waals surface area (Å²) in [5.41, 5.74) is 0. The van der Waals surface area contributed by atoms with Crippen LogP contribution in [0.3, 0.4) is 0 Å². The van der Waals surface area contributed by atoms with Crippen LogP contribution in [0.5, 0.6) is 0 Å². The highest BCUT2D eigenvalue weighted by Gasteiger charge is 2.27. The first-order valence-electron chi connectivity index (χ1n) is 31.9. The fourth-order valence-corrected chi connectivity index (χ4v) is 8.98. The van der Waals surface area contributed by atoms with E-state index in [1.54, 1.807) is 0 Å². The summed E-state index contributed by atoms with van der Waals surface area (Å²) < 4.78 is 30.3. The first-order valence-corrected chi connectivity index (χ1v) is 33.3. The summed E-state index contributed by atoms with van der Waals surface area (Å²) in [6.07, 6.45) is 86.4. The zero-order chi connectivity index (χ0) is 59.3. The van der Waals surface area contributed by atoms with Crippen molar-refractivity contribution in [2.24, 2.45) is 0 Å². The first kappa shape index (κ1) is 76.6. The summed E-state index contributed by atoms with van der Waals surface area (Å²) >= 11 is 0. The van der Waals surface area contributed by atoms with Gasteiger partial charge in [-0.3, -0.25) is 14.2 Å². The molecule has 0 aliphatic carbocycles. The van der Waals surface area contributed by atoms with Gasteiger partial charge in [-0.25, -0.2) is 0 Å². The van der Waals surface area contributed by atoms with Crippen molar-refractivity contribution >= 4 is 19.7 Å². The third kappa shape index (κ3) is 60.1. The fraction of sp³-hybridized carbons (Fsp3) is 0.606. The van der Waals surface area contributed by atoms with Crippen LogP contribution in [0.25, 0.3) is 0 Å². The van der Waals surface area contributed by atoms with E-state index in [9.17, 15) is 19.0 Å². The van der Waals surface area contributed by atoms with E-state index in [1.807, 2.05) is 94.1 Å². The molecular formula is C71H117N2O7P. The number of phosphoric acid groups is 1. The molecular weight excluding hydrogens is 1020 g/mol. The van der Waals surface area contributed by atoms with Gasteiger partial charge in [0.2, 0.25) is 5.91 Å². The van der Waals surface area contributed by atoms with Gasteiger partial charge < -0.3 is 28.5 Å². The van der Waals surface area contributed by atoms with Gasteiger partial charge in [-0.1, -0.05) is 269 Å². The van der Waals surface area contributed by atoms with E-state index in [4.69, 9.17) is 13.8 Å². The maximum absolute atomic E-state index is 13.5. The Morgan fingerprint density at radius 1 is 0.457 bits per heavy atom. The molecule has 458 valence electrons. The molecule has 0 aromatic rings. The maximum Gasteiger partial charge on any atom is 0.306 e. The van der Waals surface area contributed by atoms with E-state index < -0.39 is 26.6 Å². The minimum absolute atomic E-state index is 0.0438. The van der Waals surface area contributed by atoms with Crippen LogP contribution in [-0.4, -0.2) is 69.4 Å². The largest absolute Gasteiger partial charge is 0.756 e. The van der Waals surface area contributed by atoms with Gasteiger partial charge in [-0.15, -0.1) is 0 Å². The Hall–Kier alpha value is -4.37. The number of nitrogens with zero attached hydrogens (tertiary/aromatic N) is 1. The third-order valence-corrected chi connectivity index (χ3v) is 14.1. The molecule has 0 fully saturated rings. The summed E-state index contributed by atoms with van der Waals surface area (Å²) in [5, 5.41) is 3.00. The summed E-state index contributed by atoms with van der Waals surface area (Å²) in [7, 11) is 1.12. The number of hydrogen-bond acceptors (Lipinski definition) is 7. The molecule has 1 amide bonds. The number of quaternary nitrogens is 1. The Morgan fingerprint density at radius 2 is 0.852 bits per heavy atom. The van der Waals surface area contributed by atoms with Gasteiger partial charge in [0.05, 0.1) is 33.8 Å². The predicted molar refractivity (Wildman–Crippen MR) is 348 cm³/mol. The minimum atomic E-state index is -4.73. The van der Waals surface area contributed by atoms with Gasteiger partial charge in [0.25, 0.3) is 7.82 Å². The molecule has 0 aliphatic heterocycles. The second-order valence-corrected chi connectivity index (χ2v) is 23.4. The van der Waals surface area contributed by atoms with E-state index in [0.29, 0.717) is 23.9 Å². The van der Waals surface area contributed by atoms with E-state index in [0.717, 1.165) is 122 Å². The Balaban J connectivity index is 5.35. The molecule has 1 N–H and O–H groups in total. The molecule has 0 radical (unpaired) electrons. The molecule has 3 unspecified atom stereocenters. The molecule has 0 aromatic heterocycles. The number of rotatable bonds is 55. The summed E-state index contributed by atoms with van der Waals surface area (Å²) in [5.74, 6) is -0.622. The van der Waals surface area contributed by atoms with E-state index in [-0.39, 0.29) is 31.3 Å². The number of phosphoric ester groups is 1. The lowest BCUT2D eigenvalue weighted by Crippen LogP contribution is -2.47. The first-order chi connectivity index (χ1) is 39.4. The SMILES string of the molecule is CC\C=C/C=C/C=C/C=C\C=C\C=C\CCCCCC(=O)NC(COP(=O)([O-])OCC[N+](C)(C)C)C(/C=C\CCCCCCCCCCCCC)OC(=O)CCCCCCCC/C=C\C/C=C\C/C=C\C/C=C\C/C=C\C/C=C\CC. The number of carbonyl (C=O) groups excluding carboxylic acids is 2. The lowest BCUT2D eigenvalue weighted by atomic mass is 10.0. The maximum atomic E-state index is 13.5. The van der Waals surface area contributed by atoms with Crippen LogP contribution in [0, 0.1) is 0 Å². The zero-order valence-electron chi connectivity index (χ0n) is 52.2. The van der Waals surface area contributed by atoms with Gasteiger partial charge in [0.1, 0.15) is 19.3 Å². The number of ether oxygens (including phenoxy) is 1. The van der Waals surface area contributed by atoms with Gasteiger partial charge in [-0.05, 0) is 102 Å². The molecule has 0 aromatic carbocycles. The fourth-order valence-electron chi connectivity index (χ4n) is 8.26. The van der Waals surface area contributed by atoms with Crippen LogP contribution >= 0.6 is 7.82 Å². The highest BCUT2D eigenvalue weighted by Crippen LogP contribution is 2.38. The second kappa shape index (κ2) is 58.8. The molecule has 3 atom stereocenters. The number of likely N-dealkylation sites (N-methyl/N-ethyl adjacent to an activating group) is 1. The predicted octanol–water partition coefficient (Wildman–Crippen LogP) is 19.4. The van der Waals surface area contributed by atoms with Crippen LogP contribution in [0.2, 0.25) is 0 Å². The van der Waals surface area contributed by atoms with Crippen molar-refractivity contribution in [3.05, 3.63) is 158 Å². The summed E-state index contributed by atoms with van der Waals surface area (Å²) in [6.45, 7) is 6.51. The molecule has 0 spiro atoms. The molecule has 10 heteroatoms. The van der Waals surface area contributed by atoms with E-state index in [1.165, 1.54) is 57.8 Å². The summed E-state index contributed by atoms with van der Waals surface area (Å²) in [4.78, 5) is 40.0. The van der Waals surface area contributed by atoms with Crippen molar-refractivity contribution in [3.63, 3.8) is 0 Å². The average molecular weight is 1140 g/mol. The molecule has 0 heterocycles. The van der Waals surface area contributed by atoms with Crippen molar-refractivity contribution in [2.45, 2.75) is 238 Å². The van der Waals surface area contributed by atoms with Gasteiger partial charge in [0.15, 0.2) is 0 Å². The second-order valence-electron chi connectivity index (χ2n) is 21.9. The topological polar surface area (TPSA) is 114 Å². The lowest BCUT2D eigenvalue weighted by molar-refractivity contribution is -0.870. The van der Waals surface area contributed by atoms with E-state index in [2.05, 4.69) is 111 Å². The van der Waals surface area contributed by atoms with Crippen molar-refractivity contribution in [2.75, 3.05) is 40.9 Å². The van der Waals surface area contributed by atoms with Crippen LogP contribution in [0.15, 0.2) is 158 Å². The standard InChI is InChI=1S/C71H117N2O7P/c1-7-10-13-16-19-22-25-28-30-32-33-34-35-36-37-38-39-41-43-46-49-52-55-58-61-64-71(75)80-69(62-59-56-53-50-47-44-27-24-21-18-15-12-9-3)68(67-79-81(76,77)78-66-65-73(4,5)6)72-70(74)63-60-57-54-51-48-45-42-40-31-29-26-23-20-17-14-11-8-2/h10-11,13-14,17,19-20,22-23,26,28-31,33-34,36-37,39-42,45,48,59,62,68-69H,7-9,12,15-16,18,21,24-25,27,32,35,38,43-44,46-47,49-58,60-61,63-67H2,1-6H3,(H-,72,74,76,77)/b13-10-,14-11-,20-17+,22-19-,26-23+,30-28-,31-29-,34-33-,37-36-,41-39-,42-40+,48-45+,62-59-. The minimum Gasteiger partial charge on any atom is -0.756 e. The Bertz CT molecular complexity index is 1940. The van der Waals surface area contributed by atoms with Crippen LogP contribution in [0.1, 0.15) is 226 Å². The molecule has 0 rings (SSSR count). The Kier molecular flexibility index (Phi) is 55.6. The van der Waals surface area contributed by atoms with Gasteiger partial charge in [-0.2, -0.15) is 0 Å². The van der Waals surface area contributed by atoms with Crippen molar-refractivity contribution in [1.82, 2.24) is 5.32 Å². The normalized spacial score (nSPS) is 14.7. The number of esters is 1. The van der Waals surface area contributed by atoms with Gasteiger partial charge in [0, 0.05) is 12.8 Å².